The van der Waals surface area contributed by atoms with Crippen LogP contribution < -0.4 is 0 Å². The van der Waals surface area contributed by atoms with E-state index in [1.165, 1.54) is 15.6 Å². The van der Waals surface area contributed by atoms with Gasteiger partial charge in [0.2, 0.25) is 4.34 Å². The molecule has 0 spiro atoms. The van der Waals surface area contributed by atoms with Gasteiger partial charge in [-0.1, -0.05) is 12.1 Å². The molecule has 18 heavy (non-hydrogen) atoms. The average molecular weight is 284 g/mol. The summed E-state index contributed by atoms with van der Waals surface area (Å²) in [5.41, 5.74) is 0.731. The van der Waals surface area contributed by atoms with Crippen LogP contribution in [0.25, 0.3) is 10.2 Å². The van der Waals surface area contributed by atoms with Crippen molar-refractivity contribution in [2.45, 2.75) is 4.34 Å². The van der Waals surface area contributed by atoms with Crippen LogP contribution in [0.1, 0.15) is 0 Å². The van der Waals surface area contributed by atoms with Gasteiger partial charge >= 0.3 is 0 Å². The van der Waals surface area contributed by atoms with Crippen molar-refractivity contribution in [3.63, 3.8) is 0 Å². The van der Waals surface area contributed by atoms with Gasteiger partial charge in [0.1, 0.15) is 0 Å². The van der Waals surface area contributed by atoms with E-state index in [2.05, 4.69) is 4.98 Å². The summed E-state index contributed by atoms with van der Waals surface area (Å²) in [7, 11) is -3.46. The van der Waals surface area contributed by atoms with Crippen molar-refractivity contribution in [1.82, 2.24) is 9.29 Å². The van der Waals surface area contributed by atoms with E-state index < -0.39 is 10.0 Å². The molecule has 1 fully saturated rings. The Morgan fingerprint density at radius 1 is 1.22 bits per heavy atom. The maximum Gasteiger partial charge on any atom is 0.270 e. The molecule has 2 aromatic rings. The fourth-order valence-corrected chi connectivity index (χ4v) is 4.63. The molecule has 3 rings (SSSR count). The van der Waals surface area contributed by atoms with Crippen LogP contribution >= 0.6 is 11.3 Å². The van der Waals surface area contributed by atoms with Gasteiger partial charge in [0, 0.05) is 13.1 Å². The van der Waals surface area contributed by atoms with Gasteiger partial charge in [0.05, 0.1) is 23.4 Å². The Morgan fingerprint density at radius 2 is 1.94 bits per heavy atom. The van der Waals surface area contributed by atoms with Gasteiger partial charge in [-0.25, -0.2) is 13.4 Å². The molecule has 7 heteroatoms. The number of thiazole rings is 1. The van der Waals surface area contributed by atoms with E-state index in [0.29, 0.717) is 26.3 Å². The molecule has 5 nitrogen and oxygen atoms in total. The number of aromatic nitrogens is 1. The number of morpholine rings is 1. The maximum absolute atomic E-state index is 12.4. The molecule has 0 unspecified atom stereocenters. The molecule has 0 saturated carbocycles. The molecule has 0 amide bonds. The summed E-state index contributed by atoms with van der Waals surface area (Å²) >= 11 is 1.22. The third-order valence-electron chi connectivity index (χ3n) is 2.80. The van der Waals surface area contributed by atoms with Crippen molar-refractivity contribution >= 4 is 31.6 Å². The predicted molar refractivity (Wildman–Crippen MR) is 69.2 cm³/mol. The van der Waals surface area contributed by atoms with Crippen LogP contribution in [0, 0.1) is 0 Å². The van der Waals surface area contributed by atoms with E-state index in [9.17, 15) is 8.42 Å². The quantitative estimate of drug-likeness (QED) is 0.834. The molecule has 0 atom stereocenters. The minimum atomic E-state index is -3.46. The number of benzene rings is 1. The van der Waals surface area contributed by atoms with Crippen LogP contribution in [0.2, 0.25) is 0 Å². The topological polar surface area (TPSA) is 59.5 Å². The molecular weight excluding hydrogens is 272 g/mol. The van der Waals surface area contributed by atoms with Crippen molar-refractivity contribution in [2.75, 3.05) is 26.3 Å². The Morgan fingerprint density at radius 3 is 2.67 bits per heavy atom. The SMILES string of the molecule is O=S(=O)(c1nc2ccccc2s1)N1CCOCC1. The van der Waals surface area contributed by atoms with Crippen LogP contribution in [0.5, 0.6) is 0 Å². The highest BCUT2D eigenvalue weighted by atomic mass is 32.2. The lowest BCUT2D eigenvalue weighted by atomic mass is 10.3. The second-order valence-electron chi connectivity index (χ2n) is 3.96. The molecule has 2 heterocycles. The predicted octanol–water partition coefficient (Wildman–Crippen LogP) is 1.32. The number of para-hydroxylation sites is 1. The highest BCUT2D eigenvalue weighted by Gasteiger charge is 2.29. The lowest BCUT2D eigenvalue weighted by molar-refractivity contribution is 0.0730. The number of fused-ring (bicyclic) bond motifs is 1. The van der Waals surface area contributed by atoms with E-state index in [4.69, 9.17) is 4.74 Å². The van der Waals surface area contributed by atoms with E-state index >= 15 is 0 Å². The number of ether oxygens (including phenoxy) is 1. The van der Waals surface area contributed by atoms with Crippen LogP contribution in [-0.4, -0.2) is 44.0 Å². The number of rotatable bonds is 2. The number of hydrogen-bond acceptors (Lipinski definition) is 5. The second kappa shape index (κ2) is 4.58. The molecule has 1 aromatic heterocycles. The molecule has 0 radical (unpaired) electrons. The maximum atomic E-state index is 12.4. The lowest BCUT2D eigenvalue weighted by Gasteiger charge is -2.24. The lowest BCUT2D eigenvalue weighted by Crippen LogP contribution is -2.40. The van der Waals surface area contributed by atoms with Gasteiger partial charge < -0.3 is 4.74 Å². The molecule has 1 aliphatic rings. The minimum Gasteiger partial charge on any atom is -0.379 e. The van der Waals surface area contributed by atoms with E-state index in [1.807, 2.05) is 24.3 Å². The third-order valence-corrected chi connectivity index (χ3v) is 6.10. The first kappa shape index (κ1) is 12.0. The minimum absolute atomic E-state index is 0.172. The molecular formula is C11H12N2O3S2. The van der Waals surface area contributed by atoms with Crippen molar-refractivity contribution in [2.24, 2.45) is 0 Å². The Hall–Kier alpha value is -1.02. The van der Waals surface area contributed by atoms with Crippen LogP contribution in [0.3, 0.4) is 0 Å². The zero-order chi connectivity index (χ0) is 12.6. The first-order chi connectivity index (χ1) is 8.68. The fourth-order valence-electron chi connectivity index (χ4n) is 1.86. The van der Waals surface area contributed by atoms with Gasteiger partial charge in [-0.05, 0) is 12.1 Å². The molecule has 96 valence electrons. The summed E-state index contributed by atoms with van der Waals surface area (Å²) in [6.07, 6.45) is 0. The summed E-state index contributed by atoms with van der Waals surface area (Å²) in [6.45, 7) is 1.70. The van der Waals surface area contributed by atoms with E-state index in [-0.39, 0.29) is 4.34 Å². The van der Waals surface area contributed by atoms with E-state index in [0.717, 1.165) is 10.2 Å². The van der Waals surface area contributed by atoms with Crippen LogP contribution in [0.4, 0.5) is 0 Å². The largest absolute Gasteiger partial charge is 0.379 e. The molecule has 1 aromatic carbocycles. The zero-order valence-corrected chi connectivity index (χ0v) is 11.2. The number of hydrogen-bond donors (Lipinski definition) is 0. The summed E-state index contributed by atoms with van der Waals surface area (Å²) in [5, 5.41) is 0. The highest BCUT2D eigenvalue weighted by Crippen LogP contribution is 2.27. The first-order valence-electron chi connectivity index (χ1n) is 5.61. The van der Waals surface area contributed by atoms with Crippen molar-refractivity contribution in [1.29, 1.82) is 0 Å². The summed E-state index contributed by atoms with van der Waals surface area (Å²) in [6, 6.07) is 7.44. The smallest absolute Gasteiger partial charge is 0.270 e. The standard InChI is InChI=1S/C11H12N2O3S2/c14-18(15,13-5-7-16-8-6-13)11-12-9-3-1-2-4-10(9)17-11/h1-4H,5-8H2. The van der Waals surface area contributed by atoms with Crippen molar-refractivity contribution in [3.8, 4) is 0 Å². The van der Waals surface area contributed by atoms with Crippen molar-refractivity contribution < 1.29 is 13.2 Å². The first-order valence-corrected chi connectivity index (χ1v) is 7.87. The Bertz CT molecular complexity index is 627. The molecule has 0 N–H and O–H groups in total. The molecule has 1 aliphatic heterocycles. The monoisotopic (exact) mass is 284 g/mol. The number of nitrogens with zero attached hydrogens (tertiary/aromatic N) is 2. The summed E-state index contributed by atoms with van der Waals surface area (Å²) in [4.78, 5) is 4.21. The summed E-state index contributed by atoms with van der Waals surface area (Å²) < 4.78 is 32.4. The second-order valence-corrected chi connectivity index (χ2v) is 7.11. The van der Waals surface area contributed by atoms with Gasteiger partial charge in [-0.3, -0.25) is 0 Å². The Balaban J connectivity index is 2.01. The third kappa shape index (κ3) is 2.03. The molecule has 0 aliphatic carbocycles. The fraction of sp³-hybridized carbons (Fsp3) is 0.364. The van der Waals surface area contributed by atoms with E-state index in [1.54, 1.807) is 0 Å². The Kier molecular flexibility index (Phi) is 3.06. The number of sulfonamides is 1. The van der Waals surface area contributed by atoms with Crippen molar-refractivity contribution in [3.05, 3.63) is 24.3 Å². The highest BCUT2D eigenvalue weighted by molar-refractivity contribution is 7.91. The molecule has 0 bridgehead atoms. The Labute approximate surface area is 109 Å². The van der Waals surface area contributed by atoms with Gasteiger partial charge in [0.15, 0.2) is 0 Å². The van der Waals surface area contributed by atoms with Crippen LogP contribution in [-0.2, 0) is 14.8 Å². The molecule has 1 saturated heterocycles. The van der Waals surface area contributed by atoms with Crippen LogP contribution in [0.15, 0.2) is 28.6 Å². The van der Waals surface area contributed by atoms with Gasteiger partial charge in [-0.15, -0.1) is 11.3 Å². The van der Waals surface area contributed by atoms with Gasteiger partial charge in [-0.2, -0.15) is 4.31 Å². The van der Waals surface area contributed by atoms with Gasteiger partial charge in [0.25, 0.3) is 10.0 Å². The zero-order valence-electron chi connectivity index (χ0n) is 9.57. The average Bonchev–Trinajstić information content (AvgIpc) is 2.84. The summed E-state index contributed by atoms with van der Waals surface area (Å²) in [5.74, 6) is 0. The normalized spacial score (nSPS) is 18.2.